The molecule has 0 aliphatic rings. The first-order valence-corrected chi connectivity index (χ1v) is 7.48. The summed E-state index contributed by atoms with van der Waals surface area (Å²) in [7, 11) is 0. The first-order valence-electron chi connectivity index (χ1n) is 5.79. The number of aliphatic hydroxyl groups is 1. The average molecular weight is 267 g/mol. The summed E-state index contributed by atoms with van der Waals surface area (Å²) in [5.74, 6) is 0. The number of rotatable bonds is 4. The Labute approximate surface area is 110 Å². The van der Waals surface area contributed by atoms with Gasteiger partial charge in [-0.3, -0.25) is 0 Å². The van der Waals surface area contributed by atoms with E-state index in [4.69, 9.17) is 0 Å². The molecule has 17 heavy (non-hydrogen) atoms. The molecule has 0 aromatic carbocycles. The molecule has 1 N–H and O–H groups in total. The van der Waals surface area contributed by atoms with Gasteiger partial charge >= 0.3 is 0 Å². The number of aryl methyl sites for hydroxylation is 3. The summed E-state index contributed by atoms with van der Waals surface area (Å²) >= 11 is 3.33. The normalized spacial score (nSPS) is 12.9. The van der Waals surface area contributed by atoms with Crippen molar-refractivity contribution in [1.82, 2.24) is 4.98 Å². The maximum Gasteiger partial charge on any atom is 0.0960 e. The largest absolute Gasteiger partial charge is 0.387 e. The molecule has 2 heterocycles. The maximum atomic E-state index is 10.3. The van der Waals surface area contributed by atoms with Crippen molar-refractivity contribution >= 4 is 22.7 Å². The Balaban J connectivity index is 2.14. The summed E-state index contributed by atoms with van der Waals surface area (Å²) in [6.07, 6.45) is 1.20. The van der Waals surface area contributed by atoms with Crippen LogP contribution in [0.15, 0.2) is 11.4 Å². The van der Waals surface area contributed by atoms with Gasteiger partial charge in [0.05, 0.1) is 16.8 Å². The lowest BCUT2D eigenvalue weighted by Gasteiger charge is -2.08. The van der Waals surface area contributed by atoms with E-state index in [1.165, 1.54) is 10.4 Å². The van der Waals surface area contributed by atoms with E-state index in [0.29, 0.717) is 6.42 Å². The topological polar surface area (TPSA) is 33.1 Å². The fourth-order valence-corrected chi connectivity index (χ4v) is 3.77. The van der Waals surface area contributed by atoms with Crippen LogP contribution in [0.5, 0.6) is 0 Å². The molecular weight excluding hydrogens is 250 g/mol. The highest BCUT2D eigenvalue weighted by Crippen LogP contribution is 2.29. The van der Waals surface area contributed by atoms with E-state index in [-0.39, 0.29) is 0 Å². The zero-order valence-corrected chi connectivity index (χ0v) is 12.0. The van der Waals surface area contributed by atoms with Gasteiger partial charge < -0.3 is 5.11 Å². The van der Waals surface area contributed by atoms with Gasteiger partial charge in [0, 0.05) is 16.2 Å². The summed E-state index contributed by atoms with van der Waals surface area (Å²) in [6, 6.07) is 2.10. The minimum atomic E-state index is -0.408. The highest BCUT2D eigenvalue weighted by molar-refractivity contribution is 7.11. The fraction of sp³-hybridized carbons (Fsp3) is 0.462. The van der Waals surface area contributed by atoms with Gasteiger partial charge in [-0.15, -0.1) is 22.7 Å². The van der Waals surface area contributed by atoms with Crippen molar-refractivity contribution < 1.29 is 5.11 Å². The van der Waals surface area contributed by atoms with Crippen LogP contribution in [0, 0.1) is 13.8 Å². The van der Waals surface area contributed by atoms with Gasteiger partial charge in [0.15, 0.2) is 0 Å². The van der Waals surface area contributed by atoms with Crippen LogP contribution >= 0.6 is 22.7 Å². The Morgan fingerprint density at radius 1 is 1.41 bits per heavy atom. The van der Waals surface area contributed by atoms with Crippen LogP contribution in [0.2, 0.25) is 0 Å². The lowest BCUT2D eigenvalue weighted by Crippen LogP contribution is -2.01. The van der Waals surface area contributed by atoms with Crippen LogP contribution < -0.4 is 0 Å². The van der Waals surface area contributed by atoms with Crippen LogP contribution in [-0.4, -0.2) is 10.1 Å². The zero-order chi connectivity index (χ0) is 12.4. The Hall–Kier alpha value is -0.710. The molecule has 92 valence electrons. The molecule has 0 radical (unpaired) electrons. The minimum Gasteiger partial charge on any atom is -0.387 e. The molecule has 0 saturated carbocycles. The predicted octanol–water partition coefficient (Wildman–Crippen LogP) is 3.66. The summed E-state index contributed by atoms with van der Waals surface area (Å²) < 4.78 is 0. The highest BCUT2D eigenvalue weighted by Gasteiger charge is 2.16. The third-order valence-electron chi connectivity index (χ3n) is 2.91. The average Bonchev–Trinajstić information content (AvgIpc) is 2.86. The second-order valence-electron chi connectivity index (χ2n) is 4.13. The van der Waals surface area contributed by atoms with Gasteiger partial charge in [0.25, 0.3) is 0 Å². The lowest BCUT2D eigenvalue weighted by atomic mass is 10.1. The van der Waals surface area contributed by atoms with Crippen molar-refractivity contribution in [3.8, 4) is 0 Å². The molecule has 0 aliphatic heterocycles. The first kappa shape index (κ1) is 12.7. The van der Waals surface area contributed by atoms with Crippen molar-refractivity contribution in [1.29, 1.82) is 0 Å². The van der Waals surface area contributed by atoms with Gasteiger partial charge in [0.2, 0.25) is 0 Å². The highest BCUT2D eigenvalue weighted by atomic mass is 32.1. The molecule has 0 saturated heterocycles. The molecule has 0 amide bonds. The number of thiophene rings is 1. The van der Waals surface area contributed by atoms with Gasteiger partial charge in [0.1, 0.15) is 0 Å². The van der Waals surface area contributed by atoms with E-state index in [1.807, 2.05) is 6.92 Å². The zero-order valence-electron chi connectivity index (χ0n) is 10.4. The maximum absolute atomic E-state index is 10.3. The smallest absolute Gasteiger partial charge is 0.0960 e. The third kappa shape index (κ3) is 2.76. The molecule has 0 bridgehead atoms. The Kier molecular flexibility index (Phi) is 3.97. The second-order valence-corrected chi connectivity index (χ2v) is 6.37. The van der Waals surface area contributed by atoms with Crippen LogP contribution in [-0.2, 0) is 12.8 Å². The molecule has 2 rings (SSSR count). The van der Waals surface area contributed by atoms with E-state index >= 15 is 0 Å². The standard InChI is InChI=1S/C13H17NOS2/c1-4-10-5-6-16-13(10)11(15)7-12-14-8(2)9(3)17-12/h5-6,11,15H,4,7H2,1-3H3. The summed E-state index contributed by atoms with van der Waals surface area (Å²) in [6.45, 7) is 6.21. The third-order valence-corrected chi connectivity index (χ3v) is 5.06. The van der Waals surface area contributed by atoms with E-state index < -0.39 is 6.10 Å². The van der Waals surface area contributed by atoms with Crippen LogP contribution in [0.4, 0.5) is 0 Å². The van der Waals surface area contributed by atoms with Crippen molar-refractivity contribution in [3.63, 3.8) is 0 Å². The molecule has 2 aromatic heterocycles. The van der Waals surface area contributed by atoms with Crippen molar-refractivity contribution in [2.75, 3.05) is 0 Å². The van der Waals surface area contributed by atoms with Crippen molar-refractivity contribution in [2.24, 2.45) is 0 Å². The predicted molar refractivity (Wildman–Crippen MR) is 73.9 cm³/mol. The molecular formula is C13H17NOS2. The Morgan fingerprint density at radius 3 is 2.76 bits per heavy atom. The fourth-order valence-electron chi connectivity index (χ4n) is 1.82. The van der Waals surface area contributed by atoms with Gasteiger partial charge in [-0.05, 0) is 37.3 Å². The number of nitrogens with zero attached hydrogens (tertiary/aromatic N) is 1. The van der Waals surface area contributed by atoms with Crippen molar-refractivity contribution in [2.45, 2.75) is 39.7 Å². The number of aliphatic hydroxyl groups excluding tert-OH is 1. The van der Waals surface area contributed by atoms with E-state index in [0.717, 1.165) is 22.0 Å². The summed E-state index contributed by atoms with van der Waals surface area (Å²) in [4.78, 5) is 6.82. The van der Waals surface area contributed by atoms with Gasteiger partial charge in [-0.1, -0.05) is 6.92 Å². The number of aromatic nitrogens is 1. The van der Waals surface area contributed by atoms with Crippen LogP contribution in [0.3, 0.4) is 0 Å². The molecule has 0 aliphatic carbocycles. The molecule has 2 nitrogen and oxygen atoms in total. The quantitative estimate of drug-likeness (QED) is 0.917. The van der Waals surface area contributed by atoms with E-state index in [2.05, 4.69) is 30.3 Å². The van der Waals surface area contributed by atoms with E-state index in [1.54, 1.807) is 22.7 Å². The monoisotopic (exact) mass is 267 g/mol. The number of thiazole rings is 1. The molecule has 1 atom stereocenters. The molecule has 1 unspecified atom stereocenters. The summed E-state index contributed by atoms with van der Waals surface area (Å²) in [5.41, 5.74) is 2.34. The second kappa shape index (κ2) is 5.29. The molecule has 0 spiro atoms. The molecule has 4 heteroatoms. The van der Waals surface area contributed by atoms with Crippen molar-refractivity contribution in [3.05, 3.63) is 37.5 Å². The minimum absolute atomic E-state index is 0.408. The van der Waals surface area contributed by atoms with Gasteiger partial charge in [-0.25, -0.2) is 4.98 Å². The summed E-state index contributed by atoms with van der Waals surface area (Å²) in [5, 5.41) is 13.3. The Bertz CT molecular complexity index is 482. The Morgan fingerprint density at radius 2 is 2.18 bits per heavy atom. The van der Waals surface area contributed by atoms with Crippen LogP contribution in [0.25, 0.3) is 0 Å². The van der Waals surface area contributed by atoms with Crippen LogP contribution in [0.1, 0.15) is 39.0 Å². The number of hydrogen-bond acceptors (Lipinski definition) is 4. The lowest BCUT2D eigenvalue weighted by molar-refractivity contribution is 0.181. The SMILES string of the molecule is CCc1ccsc1C(O)Cc1nc(C)c(C)s1. The molecule has 2 aromatic rings. The molecule has 0 fully saturated rings. The number of hydrogen-bond donors (Lipinski definition) is 1. The first-order chi connectivity index (χ1) is 8.11. The van der Waals surface area contributed by atoms with Gasteiger partial charge in [-0.2, -0.15) is 0 Å². The van der Waals surface area contributed by atoms with E-state index in [9.17, 15) is 5.11 Å².